The second-order valence-corrected chi connectivity index (χ2v) is 5.17. The van der Waals surface area contributed by atoms with E-state index in [1.165, 1.54) is 12.1 Å². The van der Waals surface area contributed by atoms with Crippen LogP contribution < -0.4 is 10.1 Å². The van der Waals surface area contributed by atoms with Crippen LogP contribution in [-0.2, 0) is 20.0 Å². The lowest BCUT2D eigenvalue weighted by Gasteiger charge is -2.11. The molecule has 0 radical (unpaired) electrons. The molecule has 1 N–H and O–H groups in total. The number of aryl methyl sites for hydroxylation is 2. The predicted molar refractivity (Wildman–Crippen MR) is 76.8 cm³/mol. The van der Waals surface area contributed by atoms with E-state index in [0.29, 0.717) is 25.1 Å². The second kappa shape index (κ2) is 8.04. The molecule has 0 atom stereocenters. The van der Waals surface area contributed by atoms with E-state index in [1.54, 1.807) is 11.7 Å². The molecule has 1 aromatic heterocycles. The summed E-state index contributed by atoms with van der Waals surface area (Å²) >= 11 is 0. The molecule has 0 bridgehead atoms. The maximum absolute atomic E-state index is 13.7. The summed E-state index contributed by atoms with van der Waals surface area (Å²) in [5.41, 5.74) is 0.618. The zero-order valence-corrected chi connectivity index (χ0v) is 13.0. The summed E-state index contributed by atoms with van der Waals surface area (Å²) in [4.78, 5) is 0. The molecule has 0 saturated carbocycles. The van der Waals surface area contributed by atoms with Crippen molar-refractivity contribution >= 4 is 0 Å². The van der Waals surface area contributed by atoms with Crippen molar-refractivity contribution in [2.45, 2.75) is 25.6 Å². The number of hydrogen-bond donors (Lipinski definition) is 1. The maximum atomic E-state index is 13.7. The van der Waals surface area contributed by atoms with Crippen molar-refractivity contribution in [2.75, 3.05) is 13.2 Å². The molecule has 0 aliphatic carbocycles. The van der Waals surface area contributed by atoms with Crippen LogP contribution in [0.1, 0.15) is 17.8 Å². The number of hydrogen-bond acceptors (Lipinski definition) is 5. The molecule has 0 aliphatic rings. The largest absolute Gasteiger partial charge is 0.481 e. The van der Waals surface area contributed by atoms with Gasteiger partial charge in [-0.15, -0.1) is 5.10 Å². The lowest BCUT2D eigenvalue weighted by Crippen LogP contribution is -2.20. The number of benzene rings is 1. The molecule has 0 saturated heterocycles. The predicted octanol–water partition coefficient (Wildman–Crippen LogP) is 2.01. The highest BCUT2D eigenvalue weighted by Crippen LogP contribution is 2.22. The van der Waals surface area contributed by atoms with Gasteiger partial charge >= 0.3 is 6.18 Å². The van der Waals surface area contributed by atoms with Gasteiger partial charge in [0.15, 0.2) is 24.0 Å². The fourth-order valence-electron chi connectivity index (χ4n) is 1.99. The molecule has 24 heavy (non-hydrogen) atoms. The summed E-state index contributed by atoms with van der Waals surface area (Å²) in [6, 6.07) is 3.88. The number of nitrogens with zero attached hydrogens (tertiary/aromatic N) is 4. The molecule has 0 unspecified atom stereocenters. The molecule has 0 spiro atoms. The van der Waals surface area contributed by atoms with E-state index >= 15 is 0 Å². The average molecular weight is 347 g/mol. The Morgan fingerprint density at radius 1 is 1.29 bits per heavy atom. The molecule has 10 heteroatoms. The van der Waals surface area contributed by atoms with Crippen LogP contribution in [0.2, 0.25) is 0 Å². The Balaban J connectivity index is 1.73. The van der Waals surface area contributed by atoms with Crippen molar-refractivity contribution in [1.82, 2.24) is 25.5 Å². The van der Waals surface area contributed by atoms with Gasteiger partial charge in [-0.3, -0.25) is 0 Å². The first-order valence-corrected chi connectivity index (χ1v) is 7.25. The third-order valence-electron chi connectivity index (χ3n) is 3.18. The first-order valence-electron chi connectivity index (χ1n) is 7.25. The number of ether oxygens (including phenoxy) is 1. The summed E-state index contributed by atoms with van der Waals surface area (Å²) < 4.78 is 55.8. The number of rotatable bonds is 8. The van der Waals surface area contributed by atoms with E-state index in [2.05, 4.69) is 25.6 Å². The third kappa shape index (κ3) is 5.76. The van der Waals surface area contributed by atoms with Gasteiger partial charge in [0.1, 0.15) is 0 Å². The Hall–Kier alpha value is -2.23. The van der Waals surface area contributed by atoms with Crippen LogP contribution in [0.3, 0.4) is 0 Å². The van der Waals surface area contributed by atoms with Crippen LogP contribution >= 0.6 is 0 Å². The van der Waals surface area contributed by atoms with E-state index < -0.39 is 24.3 Å². The number of halogens is 4. The molecule has 0 fully saturated rings. The van der Waals surface area contributed by atoms with Crippen LogP contribution in [-0.4, -0.2) is 39.5 Å². The smallest absolute Gasteiger partial charge is 0.422 e. The van der Waals surface area contributed by atoms with Crippen molar-refractivity contribution in [3.05, 3.63) is 35.4 Å². The Bertz CT molecular complexity index is 659. The topological polar surface area (TPSA) is 64.9 Å². The van der Waals surface area contributed by atoms with Crippen LogP contribution in [0.15, 0.2) is 18.2 Å². The Labute approximate surface area is 135 Å². The van der Waals surface area contributed by atoms with Crippen molar-refractivity contribution in [3.63, 3.8) is 0 Å². The molecule has 1 aromatic carbocycles. The van der Waals surface area contributed by atoms with Crippen molar-refractivity contribution in [2.24, 2.45) is 7.05 Å². The first-order chi connectivity index (χ1) is 11.3. The highest BCUT2D eigenvalue weighted by molar-refractivity contribution is 5.29. The Kier molecular flexibility index (Phi) is 6.07. The van der Waals surface area contributed by atoms with Gasteiger partial charge < -0.3 is 10.1 Å². The van der Waals surface area contributed by atoms with Crippen LogP contribution in [0.4, 0.5) is 17.6 Å². The van der Waals surface area contributed by atoms with Crippen molar-refractivity contribution in [1.29, 1.82) is 0 Å². The number of alkyl halides is 3. The molecule has 1 heterocycles. The minimum absolute atomic E-state index is 0.396. The zero-order valence-electron chi connectivity index (χ0n) is 13.0. The minimum Gasteiger partial charge on any atom is -0.481 e. The lowest BCUT2D eigenvalue weighted by atomic mass is 10.2. The molecule has 0 aliphatic heterocycles. The number of nitrogens with one attached hydrogen (secondary N) is 1. The van der Waals surface area contributed by atoms with Crippen LogP contribution in [0, 0.1) is 5.82 Å². The van der Waals surface area contributed by atoms with Crippen molar-refractivity contribution < 1.29 is 22.3 Å². The fraction of sp³-hybridized carbons (Fsp3) is 0.500. The van der Waals surface area contributed by atoms with Gasteiger partial charge in [0.05, 0.1) is 0 Å². The summed E-state index contributed by atoms with van der Waals surface area (Å²) in [5.74, 6) is -0.455. The second-order valence-electron chi connectivity index (χ2n) is 5.17. The van der Waals surface area contributed by atoms with E-state index in [9.17, 15) is 17.6 Å². The van der Waals surface area contributed by atoms with Crippen LogP contribution in [0.25, 0.3) is 0 Å². The Morgan fingerprint density at radius 2 is 2.08 bits per heavy atom. The molecule has 2 rings (SSSR count). The molecular formula is C14H17F4N5O. The van der Waals surface area contributed by atoms with Crippen LogP contribution in [0.5, 0.6) is 5.75 Å². The van der Waals surface area contributed by atoms with Gasteiger partial charge in [-0.2, -0.15) is 13.2 Å². The highest BCUT2D eigenvalue weighted by Gasteiger charge is 2.28. The summed E-state index contributed by atoms with van der Waals surface area (Å²) in [7, 11) is 1.76. The Morgan fingerprint density at radius 3 is 2.71 bits per heavy atom. The van der Waals surface area contributed by atoms with E-state index in [0.717, 1.165) is 18.3 Å². The van der Waals surface area contributed by atoms with Gasteiger partial charge in [0, 0.05) is 20.0 Å². The van der Waals surface area contributed by atoms with Gasteiger partial charge in [0.25, 0.3) is 0 Å². The maximum Gasteiger partial charge on any atom is 0.422 e. The van der Waals surface area contributed by atoms with Gasteiger partial charge in [-0.05, 0) is 41.1 Å². The highest BCUT2D eigenvalue weighted by atomic mass is 19.4. The van der Waals surface area contributed by atoms with Gasteiger partial charge in [0.2, 0.25) is 0 Å². The van der Waals surface area contributed by atoms with Gasteiger partial charge in [-0.1, -0.05) is 6.07 Å². The molecule has 6 nitrogen and oxygen atoms in total. The molecular weight excluding hydrogens is 330 g/mol. The first kappa shape index (κ1) is 18.1. The fourth-order valence-corrected chi connectivity index (χ4v) is 1.99. The standard InChI is InChI=1S/C14H17F4N5O/c1-23-13(20-21-22-23)3-2-6-19-8-10-4-5-12(11(15)7-10)24-9-14(16,17)18/h4-5,7,19H,2-3,6,8-9H2,1H3. The number of aromatic nitrogens is 4. The van der Waals surface area contributed by atoms with E-state index in [4.69, 9.17) is 0 Å². The summed E-state index contributed by atoms with van der Waals surface area (Å²) in [6.07, 6.45) is -3.00. The summed E-state index contributed by atoms with van der Waals surface area (Å²) in [5, 5.41) is 14.2. The van der Waals surface area contributed by atoms with E-state index in [1.807, 2.05) is 0 Å². The monoisotopic (exact) mass is 347 g/mol. The van der Waals surface area contributed by atoms with E-state index in [-0.39, 0.29) is 0 Å². The minimum atomic E-state index is -4.50. The quantitative estimate of drug-likeness (QED) is 0.585. The normalized spacial score (nSPS) is 11.7. The number of tetrazole rings is 1. The molecule has 0 amide bonds. The summed E-state index contributed by atoms with van der Waals surface area (Å²) in [6.45, 7) is -0.452. The SMILES string of the molecule is Cn1nnnc1CCCNCc1ccc(OCC(F)(F)F)c(F)c1. The third-order valence-corrected chi connectivity index (χ3v) is 3.18. The zero-order chi connectivity index (χ0) is 17.6. The molecule has 132 valence electrons. The lowest BCUT2D eigenvalue weighted by molar-refractivity contribution is -0.153. The molecule has 2 aromatic rings. The van der Waals surface area contributed by atoms with Crippen molar-refractivity contribution in [3.8, 4) is 5.75 Å². The van der Waals surface area contributed by atoms with Gasteiger partial charge in [-0.25, -0.2) is 9.07 Å². The average Bonchev–Trinajstić information content (AvgIpc) is 2.90.